The van der Waals surface area contributed by atoms with Crippen LogP contribution < -0.4 is 10.3 Å². The van der Waals surface area contributed by atoms with Crippen molar-refractivity contribution in [3.05, 3.63) is 63.8 Å². The van der Waals surface area contributed by atoms with E-state index in [1.54, 1.807) is 14.2 Å². The molecule has 1 amide bonds. The van der Waals surface area contributed by atoms with Gasteiger partial charge >= 0.3 is 6.09 Å². The number of ether oxygens (including phenoxy) is 1. The minimum atomic E-state index is -0.926. The zero-order valence-electron chi connectivity index (χ0n) is 20.1. The smallest absolute Gasteiger partial charge is 0.407 e. The number of hydrogen-bond donors (Lipinski definition) is 2. The molecule has 2 aromatic carbocycles. The minimum absolute atomic E-state index is 0.0535. The lowest BCUT2D eigenvalue weighted by molar-refractivity contribution is 0.150. The quantitative estimate of drug-likeness (QED) is 0.329. The van der Waals surface area contributed by atoms with Gasteiger partial charge in [0.25, 0.3) is 5.56 Å². The highest BCUT2D eigenvalue weighted by molar-refractivity contribution is 7.17. The number of amides is 1. The molecular formula is C27H30N2O4S. The first-order valence-electron chi connectivity index (χ1n) is 11.2. The molecule has 178 valence electrons. The Bertz CT molecular complexity index is 1400. The van der Waals surface area contributed by atoms with Crippen LogP contribution in [0.2, 0.25) is 0 Å². The number of hydrogen-bond acceptors (Lipinski definition) is 4. The van der Waals surface area contributed by atoms with E-state index in [1.807, 2.05) is 23.6 Å². The SMILES string of the molecule is COc1ccc2[nH]c(=O)c3sccc3c2c1-c1ccc([C@@H](CN(C)C(=O)O)CC(C)(C)C)cc1. The van der Waals surface area contributed by atoms with E-state index in [1.165, 1.54) is 16.2 Å². The van der Waals surface area contributed by atoms with Gasteiger partial charge in [0, 0.05) is 41.4 Å². The molecule has 0 spiro atoms. The number of pyridine rings is 1. The van der Waals surface area contributed by atoms with Gasteiger partial charge in [-0.1, -0.05) is 45.0 Å². The standard InChI is InChI=1S/C27H30N2O4S/c1-27(2,3)14-18(15-29(4)26(31)32)16-6-8-17(9-7-16)22-21(33-5)11-10-20-23(22)19-12-13-34-24(19)25(30)28-20/h6-13,18H,14-15H2,1-5H3,(H,28,30)(H,31,32)/t18-/m1/s1. The van der Waals surface area contributed by atoms with Crippen LogP contribution >= 0.6 is 11.3 Å². The molecule has 0 unspecified atom stereocenters. The van der Waals surface area contributed by atoms with Crippen molar-refractivity contribution in [2.45, 2.75) is 33.1 Å². The van der Waals surface area contributed by atoms with Crippen molar-refractivity contribution in [2.24, 2.45) is 5.41 Å². The Labute approximate surface area is 202 Å². The van der Waals surface area contributed by atoms with E-state index in [-0.39, 0.29) is 16.9 Å². The number of aromatic nitrogens is 1. The molecule has 0 aliphatic rings. The Morgan fingerprint density at radius 3 is 2.47 bits per heavy atom. The van der Waals surface area contributed by atoms with E-state index in [0.717, 1.165) is 45.1 Å². The van der Waals surface area contributed by atoms with Gasteiger partial charge in [0.05, 0.1) is 7.11 Å². The maximum Gasteiger partial charge on any atom is 0.407 e. The number of carboxylic acid groups (broad SMARTS) is 1. The molecule has 0 bridgehead atoms. The number of thiophene rings is 1. The molecule has 0 saturated carbocycles. The molecule has 0 radical (unpaired) electrons. The van der Waals surface area contributed by atoms with Crippen LogP contribution in [-0.4, -0.2) is 41.8 Å². The van der Waals surface area contributed by atoms with Crippen LogP contribution in [-0.2, 0) is 0 Å². The first-order valence-corrected chi connectivity index (χ1v) is 12.1. The van der Waals surface area contributed by atoms with Crippen LogP contribution in [0.15, 0.2) is 52.6 Å². The molecule has 0 aliphatic heterocycles. The van der Waals surface area contributed by atoms with Crippen molar-refractivity contribution >= 4 is 38.4 Å². The number of likely N-dealkylation sites (N-methyl/N-ethyl adjacent to an activating group) is 1. The Morgan fingerprint density at radius 1 is 1.15 bits per heavy atom. The summed E-state index contributed by atoms with van der Waals surface area (Å²) < 4.78 is 6.42. The van der Waals surface area contributed by atoms with E-state index in [2.05, 4.69) is 50.0 Å². The zero-order chi connectivity index (χ0) is 24.6. The molecule has 2 N–H and O–H groups in total. The van der Waals surface area contributed by atoms with Gasteiger partial charge in [-0.3, -0.25) is 4.79 Å². The molecule has 4 aromatic rings. The fraction of sp³-hybridized carbons (Fsp3) is 0.333. The molecule has 34 heavy (non-hydrogen) atoms. The van der Waals surface area contributed by atoms with E-state index < -0.39 is 6.09 Å². The highest BCUT2D eigenvalue weighted by Crippen LogP contribution is 2.41. The summed E-state index contributed by atoms with van der Waals surface area (Å²) in [4.78, 5) is 28.3. The second kappa shape index (κ2) is 9.14. The average Bonchev–Trinajstić information content (AvgIpc) is 3.28. The van der Waals surface area contributed by atoms with Gasteiger partial charge in [-0.15, -0.1) is 11.3 Å². The average molecular weight is 479 g/mol. The predicted octanol–water partition coefficient (Wildman–Crippen LogP) is 6.55. The number of fused-ring (bicyclic) bond motifs is 3. The van der Waals surface area contributed by atoms with Gasteiger partial charge in [-0.05, 0) is 46.5 Å². The van der Waals surface area contributed by atoms with Crippen LogP contribution in [0.5, 0.6) is 5.75 Å². The zero-order valence-corrected chi connectivity index (χ0v) is 21.0. The van der Waals surface area contributed by atoms with Gasteiger partial charge < -0.3 is 19.7 Å². The molecule has 4 rings (SSSR count). The number of nitrogens with one attached hydrogen (secondary N) is 1. The van der Waals surface area contributed by atoms with E-state index in [9.17, 15) is 14.7 Å². The Balaban J connectivity index is 1.83. The third-order valence-electron chi connectivity index (χ3n) is 6.13. The molecule has 0 saturated heterocycles. The topological polar surface area (TPSA) is 82.6 Å². The number of carbonyl (C=O) groups is 1. The number of rotatable bonds is 6. The van der Waals surface area contributed by atoms with E-state index in [4.69, 9.17) is 4.74 Å². The van der Waals surface area contributed by atoms with E-state index >= 15 is 0 Å². The Kier molecular flexibility index (Phi) is 6.41. The van der Waals surface area contributed by atoms with Gasteiger partial charge in [0.15, 0.2) is 0 Å². The monoisotopic (exact) mass is 478 g/mol. The fourth-order valence-electron chi connectivity index (χ4n) is 4.64. The number of nitrogens with zero attached hydrogens (tertiary/aromatic N) is 1. The molecule has 7 heteroatoms. The number of methoxy groups -OCH3 is 1. The van der Waals surface area contributed by atoms with Gasteiger partial charge in [0.1, 0.15) is 10.4 Å². The lowest BCUT2D eigenvalue weighted by Crippen LogP contribution is -2.31. The molecule has 0 fully saturated rings. The first-order chi connectivity index (χ1) is 16.1. The van der Waals surface area contributed by atoms with Gasteiger partial charge in [0.2, 0.25) is 0 Å². The molecule has 1 atom stereocenters. The van der Waals surface area contributed by atoms with Crippen LogP contribution in [0, 0.1) is 5.41 Å². The highest BCUT2D eigenvalue weighted by Gasteiger charge is 2.24. The van der Waals surface area contributed by atoms with Gasteiger partial charge in [-0.25, -0.2) is 4.79 Å². The van der Waals surface area contributed by atoms with Crippen molar-refractivity contribution in [1.29, 1.82) is 0 Å². The van der Waals surface area contributed by atoms with Crippen molar-refractivity contribution in [3.8, 4) is 16.9 Å². The maximum atomic E-state index is 12.5. The third kappa shape index (κ3) is 4.66. The number of aromatic amines is 1. The lowest BCUT2D eigenvalue weighted by atomic mass is 9.81. The van der Waals surface area contributed by atoms with Crippen LogP contribution in [0.1, 0.15) is 38.7 Å². The Morgan fingerprint density at radius 2 is 1.85 bits per heavy atom. The molecule has 2 aromatic heterocycles. The normalized spacial score (nSPS) is 12.7. The largest absolute Gasteiger partial charge is 0.496 e. The van der Waals surface area contributed by atoms with Crippen molar-refractivity contribution in [2.75, 3.05) is 20.7 Å². The molecule has 6 nitrogen and oxygen atoms in total. The summed E-state index contributed by atoms with van der Waals surface area (Å²) in [5.41, 5.74) is 3.74. The summed E-state index contributed by atoms with van der Waals surface area (Å²) in [5, 5.41) is 13.2. The second-order valence-electron chi connectivity index (χ2n) is 9.93. The maximum absolute atomic E-state index is 12.5. The van der Waals surface area contributed by atoms with Crippen molar-refractivity contribution in [3.63, 3.8) is 0 Å². The number of benzene rings is 2. The summed E-state index contributed by atoms with van der Waals surface area (Å²) in [7, 11) is 3.26. The van der Waals surface area contributed by atoms with Gasteiger partial charge in [-0.2, -0.15) is 0 Å². The number of H-pyrrole nitrogens is 1. The van der Waals surface area contributed by atoms with Crippen LogP contribution in [0.25, 0.3) is 32.1 Å². The summed E-state index contributed by atoms with van der Waals surface area (Å²) in [5.74, 6) is 0.807. The van der Waals surface area contributed by atoms with E-state index in [0.29, 0.717) is 11.2 Å². The third-order valence-corrected chi connectivity index (χ3v) is 7.04. The summed E-state index contributed by atoms with van der Waals surface area (Å²) in [6.45, 7) is 6.94. The molecule has 2 heterocycles. The summed E-state index contributed by atoms with van der Waals surface area (Å²) >= 11 is 1.43. The first kappa shape index (κ1) is 23.8. The Hall–Kier alpha value is -3.32. The molecule has 0 aliphatic carbocycles. The van der Waals surface area contributed by atoms with Crippen molar-refractivity contribution in [1.82, 2.24) is 9.88 Å². The van der Waals surface area contributed by atoms with Crippen LogP contribution in [0.4, 0.5) is 4.79 Å². The highest BCUT2D eigenvalue weighted by atomic mass is 32.1. The summed E-state index contributed by atoms with van der Waals surface area (Å²) in [6.07, 6.45) is -0.0667. The fourth-order valence-corrected chi connectivity index (χ4v) is 5.44. The van der Waals surface area contributed by atoms with Crippen LogP contribution in [0.3, 0.4) is 0 Å². The molecular weight excluding hydrogens is 448 g/mol. The second-order valence-corrected chi connectivity index (χ2v) is 10.8. The predicted molar refractivity (Wildman–Crippen MR) is 139 cm³/mol. The van der Waals surface area contributed by atoms with Crippen molar-refractivity contribution < 1.29 is 14.6 Å². The minimum Gasteiger partial charge on any atom is -0.496 e. The lowest BCUT2D eigenvalue weighted by Gasteiger charge is -2.29. The summed E-state index contributed by atoms with van der Waals surface area (Å²) in [6, 6.07) is 14.0.